The minimum absolute atomic E-state index is 0.253. The van der Waals surface area contributed by atoms with E-state index in [1.165, 1.54) is 13.3 Å². The van der Waals surface area contributed by atoms with Crippen LogP contribution in [0.4, 0.5) is 0 Å². The molecule has 0 bridgehead atoms. The summed E-state index contributed by atoms with van der Waals surface area (Å²) in [5.41, 5.74) is 4.22. The van der Waals surface area contributed by atoms with E-state index in [0.29, 0.717) is 34.3 Å². The van der Waals surface area contributed by atoms with Crippen LogP contribution in [0.1, 0.15) is 28.4 Å². The maximum atomic E-state index is 12.3. The standard InChI is InChI=1S/C18H17BrCl2N2O3/c1-4-26-15-8-14(20)16(21)12(17(15)25-3)9-22-23-18(24)11-6-5-7-13(19)10(11)2/h5-9H,4H2,1-3H3,(H,23,24)/b22-9+. The number of rotatable bonds is 6. The van der Waals surface area contributed by atoms with Crippen molar-refractivity contribution in [2.75, 3.05) is 13.7 Å². The van der Waals surface area contributed by atoms with Crippen LogP contribution in [-0.2, 0) is 0 Å². The molecule has 8 heteroatoms. The number of benzene rings is 2. The van der Waals surface area contributed by atoms with Crippen LogP contribution in [0.5, 0.6) is 11.5 Å². The number of methoxy groups -OCH3 is 1. The van der Waals surface area contributed by atoms with Gasteiger partial charge in [-0.1, -0.05) is 45.2 Å². The molecule has 0 aliphatic rings. The number of carbonyl (C=O) groups is 1. The van der Waals surface area contributed by atoms with E-state index < -0.39 is 0 Å². The van der Waals surface area contributed by atoms with Crippen LogP contribution in [0.15, 0.2) is 33.8 Å². The van der Waals surface area contributed by atoms with Crippen LogP contribution in [0.3, 0.4) is 0 Å². The Hall–Kier alpha value is -1.76. The van der Waals surface area contributed by atoms with Crippen molar-refractivity contribution in [3.63, 3.8) is 0 Å². The first-order chi connectivity index (χ1) is 12.4. The van der Waals surface area contributed by atoms with Crippen molar-refractivity contribution in [2.45, 2.75) is 13.8 Å². The Morgan fingerprint density at radius 3 is 2.77 bits per heavy atom. The number of hydrazone groups is 1. The van der Waals surface area contributed by atoms with Crippen molar-refractivity contribution in [3.05, 3.63) is 55.5 Å². The molecule has 1 amide bonds. The SMILES string of the molecule is CCOc1cc(Cl)c(Cl)c(/C=N/NC(=O)c2cccc(Br)c2C)c1OC. The lowest BCUT2D eigenvalue weighted by molar-refractivity contribution is 0.0954. The van der Waals surface area contributed by atoms with Crippen molar-refractivity contribution >= 4 is 51.3 Å². The monoisotopic (exact) mass is 458 g/mol. The lowest BCUT2D eigenvalue weighted by Crippen LogP contribution is -2.19. The topological polar surface area (TPSA) is 59.9 Å². The van der Waals surface area contributed by atoms with Gasteiger partial charge < -0.3 is 9.47 Å². The number of nitrogens with zero attached hydrogens (tertiary/aromatic N) is 1. The molecular weight excluding hydrogens is 443 g/mol. The van der Waals surface area contributed by atoms with Gasteiger partial charge in [-0.05, 0) is 31.5 Å². The molecule has 138 valence electrons. The molecule has 0 saturated heterocycles. The summed E-state index contributed by atoms with van der Waals surface area (Å²) in [5.74, 6) is 0.486. The Bertz CT molecular complexity index is 857. The Morgan fingerprint density at radius 1 is 1.38 bits per heavy atom. The Kier molecular flexibility index (Phi) is 7.32. The van der Waals surface area contributed by atoms with Gasteiger partial charge in [-0.15, -0.1) is 0 Å². The number of hydrogen-bond donors (Lipinski definition) is 1. The summed E-state index contributed by atoms with van der Waals surface area (Å²) < 4.78 is 11.7. The van der Waals surface area contributed by atoms with Gasteiger partial charge in [0.25, 0.3) is 5.91 Å². The van der Waals surface area contributed by atoms with Crippen LogP contribution in [0.25, 0.3) is 0 Å². The first kappa shape index (κ1) is 20.6. The van der Waals surface area contributed by atoms with E-state index in [9.17, 15) is 4.79 Å². The van der Waals surface area contributed by atoms with E-state index in [4.69, 9.17) is 32.7 Å². The number of carbonyl (C=O) groups excluding carboxylic acids is 1. The van der Waals surface area contributed by atoms with E-state index in [0.717, 1.165) is 10.0 Å². The first-order valence-electron chi connectivity index (χ1n) is 7.68. The molecule has 0 aliphatic carbocycles. The zero-order valence-corrected chi connectivity index (χ0v) is 17.5. The van der Waals surface area contributed by atoms with Gasteiger partial charge in [-0.25, -0.2) is 5.43 Å². The van der Waals surface area contributed by atoms with E-state index in [1.54, 1.807) is 18.2 Å². The maximum Gasteiger partial charge on any atom is 0.271 e. The van der Waals surface area contributed by atoms with Gasteiger partial charge in [0, 0.05) is 16.1 Å². The van der Waals surface area contributed by atoms with Gasteiger partial charge in [0.05, 0.1) is 35.5 Å². The van der Waals surface area contributed by atoms with Crippen molar-refractivity contribution in [1.82, 2.24) is 5.43 Å². The minimum atomic E-state index is -0.345. The second kappa shape index (κ2) is 9.26. The Balaban J connectivity index is 2.30. The molecule has 0 fully saturated rings. The van der Waals surface area contributed by atoms with Crippen molar-refractivity contribution in [1.29, 1.82) is 0 Å². The number of ether oxygens (including phenoxy) is 2. The molecule has 1 N–H and O–H groups in total. The Morgan fingerprint density at radius 2 is 2.12 bits per heavy atom. The van der Waals surface area contributed by atoms with Crippen molar-refractivity contribution in [2.24, 2.45) is 5.10 Å². The summed E-state index contributed by atoms with van der Waals surface area (Å²) in [6.45, 7) is 4.12. The van der Waals surface area contributed by atoms with E-state index in [-0.39, 0.29) is 10.9 Å². The molecule has 2 aromatic carbocycles. The second-order valence-electron chi connectivity index (χ2n) is 5.16. The molecule has 0 aromatic heterocycles. The molecule has 0 spiro atoms. The number of hydrogen-bond acceptors (Lipinski definition) is 4. The molecule has 5 nitrogen and oxygen atoms in total. The fourth-order valence-electron chi connectivity index (χ4n) is 2.26. The third-order valence-electron chi connectivity index (χ3n) is 3.55. The highest BCUT2D eigenvalue weighted by Crippen LogP contribution is 2.40. The largest absolute Gasteiger partial charge is 0.492 e. The third kappa shape index (κ3) is 4.50. The quantitative estimate of drug-likeness (QED) is 0.474. The van der Waals surface area contributed by atoms with Crippen LogP contribution in [0, 0.1) is 6.92 Å². The number of amides is 1. The predicted molar refractivity (Wildman–Crippen MR) is 108 cm³/mol. The summed E-state index contributed by atoms with van der Waals surface area (Å²) in [6, 6.07) is 6.93. The summed E-state index contributed by atoms with van der Waals surface area (Å²) in [6.07, 6.45) is 1.38. The zero-order valence-electron chi connectivity index (χ0n) is 14.4. The fourth-order valence-corrected chi connectivity index (χ4v) is 3.02. The average molecular weight is 460 g/mol. The summed E-state index contributed by atoms with van der Waals surface area (Å²) >= 11 is 15.8. The lowest BCUT2D eigenvalue weighted by atomic mass is 10.1. The highest BCUT2D eigenvalue weighted by Gasteiger charge is 2.17. The van der Waals surface area contributed by atoms with Gasteiger partial charge in [-0.3, -0.25) is 4.79 Å². The van der Waals surface area contributed by atoms with Crippen LogP contribution in [0.2, 0.25) is 10.0 Å². The van der Waals surface area contributed by atoms with E-state index >= 15 is 0 Å². The molecule has 2 rings (SSSR count). The van der Waals surface area contributed by atoms with Gasteiger partial charge >= 0.3 is 0 Å². The number of halogens is 3. The molecule has 0 radical (unpaired) electrons. The highest BCUT2D eigenvalue weighted by molar-refractivity contribution is 9.10. The molecule has 0 unspecified atom stereocenters. The molecule has 26 heavy (non-hydrogen) atoms. The van der Waals surface area contributed by atoms with Crippen LogP contribution in [-0.4, -0.2) is 25.8 Å². The second-order valence-corrected chi connectivity index (χ2v) is 6.80. The van der Waals surface area contributed by atoms with Crippen LogP contribution < -0.4 is 14.9 Å². The molecule has 0 saturated carbocycles. The lowest BCUT2D eigenvalue weighted by Gasteiger charge is -2.14. The van der Waals surface area contributed by atoms with E-state index in [2.05, 4.69) is 26.5 Å². The van der Waals surface area contributed by atoms with E-state index in [1.807, 2.05) is 19.9 Å². The predicted octanol–water partition coefficient (Wildman–Crippen LogP) is 5.24. The minimum Gasteiger partial charge on any atom is -0.492 e. The average Bonchev–Trinajstić information content (AvgIpc) is 2.61. The van der Waals surface area contributed by atoms with Crippen molar-refractivity contribution in [3.8, 4) is 11.5 Å². The third-order valence-corrected chi connectivity index (χ3v) is 5.21. The molecule has 2 aromatic rings. The summed E-state index contributed by atoms with van der Waals surface area (Å²) in [7, 11) is 1.49. The smallest absolute Gasteiger partial charge is 0.271 e. The molecule has 0 atom stereocenters. The van der Waals surface area contributed by atoms with Gasteiger partial charge in [0.2, 0.25) is 0 Å². The molecule has 0 aliphatic heterocycles. The summed E-state index contributed by atoms with van der Waals surface area (Å²) in [5, 5.41) is 4.53. The van der Waals surface area contributed by atoms with Gasteiger partial charge in [-0.2, -0.15) is 5.10 Å². The molecule has 0 heterocycles. The number of nitrogens with one attached hydrogen (secondary N) is 1. The normalized spacial score (nSPS) is 10.8. The molecular formula is C18H17BrCl2N2O3. The highest BCUT2D eigenvalue weighted by atomic mass is 79.9. The van der Waals surface area contributed by atoms with Crippen LogP contribution >= 0.6 is 39.1 Å². The Labute approximate surface area is 170 Å². The zero-order chi connectivity index (χ0) is 19.3. The first-order valence-corrected chi connectivity index (χ1v) is 9.22. The summed E-state index contributed by atoms with van der Waals surface area (Å²) in [4.78, 5) is 12.3. The van der Waals surface area contributed by atoms with Gasteiger partial charge in [0.1, 0.15) is 0 Å². The van der Waals surface area contributed by atoms with Crippen molar-refractivity contribution < 1.29 is 14.3 Å². The van der Waals surface area contributed by atoms with Gasteiger partial charge in [0.15, 0.2) is 11.5 Å². The maximum absolute atomic E-state index is 12.3. The fraction of sp³-hybridized carbons (Fsp3) is 0.222.